The lowest BCUT2D eigenvalue weighted by molar-refractivity contribution is -0.894. The summed E-state index contributed by atoms with van der Waals surface area (Å²) in [6.45, 7) is 10.6. The van der Waals surface area contributed by atoms with Gasteiger partial charge in [-0.3, -0.25) is 14.3 Å². The Hall–Kier alpha value is -3.88. The van der Waals surface area contributed by atoms with Crippen LogP contribution in [0.1, 0.15) is 50.1 Å². The average molecular weight is 766 g/mol. The van der Waals surface area contributed by atoms with E-state index in [9.17, 15) is 4.79 Å². The van der Waals surface area contributed by atoms with E-state index in [-0.39, 0.29) is 18.1 Å². The first kappa shape index (κ1) is 39.3. The predicted octanol–water partition coefficient (Wildman–Crippen LogP) is 4.65. The van der Waals surface area contributed by atoms with Crippen molar-refractivity contribution in [2.24, 2.45) is 0 Å². The van der Waals surface area contributed by atoms with Crippen LogP contribution in [0.25, 0.3) is 11.2 Å². The second-order valence-corrected chi connectivity index (χ2v) is 15.5. The van der Waals surface area contributed by atoms with E-state index in [1.165, 1.54) is 26.0 Å². The molecular weight excluding hydrogens is 720 g/mol. The van der Waals surface area contributed by atoms with Crippen LogP contribution in [0.5, 0.6) is 11.5 Å². The first-order valence-electron chi connectivity index (χ1n) is 17.2. The molecule has 4 atom stereocenters. The number of rotatable bonds is 14. The summed E-state index contributed by atoms with van der Waals surface area (Å²) in [6.07, 6.45) is -1.33. The molecular formula is C37H46N6O6PS2+. The summed E-state index contributed by atoms with van der Waals surface area (Å²) in [4.78, 5) is 25.1. The number of quaternary nitrogens is 1. The van der Waals surface area contributed by atoms with E-state index in [2.05, 4.69) is 35.7 Å². The number of hydrogen-bond acceptors (Lipinski definition) is 11. The monoisotopic (exact) mass is 765 g/mol. The maximum Gasteiger partial charge on any atom is 0.280 e. The summed E-state index contributed by atoms with van der Waals surface area (Å²) in [5.74, 6) is 1.41. The molecule has 6 rings (SSSR count). The lowest BCUT2D eigenvalue weighted by Gasteiger charge is -2.37. The van der Waals surface area contributed by atoms with Crippen LogP contribution >= 0.6 is 6.13 Å². The summed E-state index contributed by atoms with van der Waals surface area (Å²) in [6, 6.07) is 25.5. The lowest BCUT2D eigenvalue weighted by atomic mass is 9.80. The van der Waals surface area contributed by atoms with Crippen molar-refractivity contribution in [3.05, 3.63) is 112 Å². The maximum absolute atomic E-state index is 12.4. The van der Waals surface area contributed by atoms with Gasteiger partial charge in [0.05, 0.1) is 46.8 Å². The third-order valence-corrected chi connectivity index (χ3v) is 10.3. The lowest BCUT2D eigenvalue weighted by Crippen LogP contribution is -3.11. The number of methoxy groups -OCH3 is 2. The number of aromatic nitrogens is 4. The van der Waals surface area contributed by atoms with Gasteiger partial charge in [0.2, 0.25) is 12.1 Å². The number of ether oxygens (including phenoxy) is 4. The molecule has 12 nitrogen and oxygen atoms in total. The van der Waals surface area contributed by atoms with E-state index in [1.807, 2.05) is 78.9 Å². The van der Waals surface area contributed by atoms with E-state index in [0.29, 0.717) is 12.1 Å². The van der Waals surface area contributed by atoms with Crippen molar-refractivity contribution in [3.63, 3.8) is 0 Å². The van der Waals surface area contributed by atoms with Gasteiger partial charge in [0.25, 0.3) is 5.56 Å². The van der Waals surface area contributed by atoms with Crippen LogP contribution in [0.15, 0.2) is 90.0 Å². The molecule has 0 radical (unpaired) electrons. The minimum atomic E-state index is -1.55. The standard InChI is InChI=1S/C31H30N5O6PS2.C6H15N/c1-38-22-12-8-20(9-13-22)31(19-6-4-3-5-7-19,21-10-14-23(39-2)15-11-21)40-17-25-24(42-43(44)45)16-26(41-25)36-18-33-27-28(36)34-30(32)35-29(27)37;1-4-7(5-2)6-3/h3-15,18,24-26H,16-17H2,1-2H3,(H3,32,34,35,37);4-6H2,1-3H3/p+1/t24-,25+,26+;/m0./s1. The zero-order valence-electron chi connectivity index (χ0n) is 30.0. The number of nitrogens with zero attached hydrogens (tertiary/aromatic N) is 3. The molecule has 0 bridgehead atoms. The number of benzene rings is 3. The number of H-pyrrole nitrogens is 1. The van der Waals surface area contributed by atoms with Crippen molar-refractivity contribution in [1.29, 1.82) is 0 Å². The Balaban J connectivity index is 0.000000679. The Morgan fingerprint density at radius 3 is 2.02 bits per heavy atom. The summed E-state index contributed by atoms with van der Waals surface area (Å²) in [5, 5.41) is 0. The third kappa shape index (κ3) is 8.83. The summed E-state index contributed by atoms with van der Waals surface area (Å²) in [5.41, 5.74) is 7.44. The highest BCUT2D eigenvalue weighted by molar-refractivity contribution is 8.45. The van der Waals surface area contributed by atoms with Gasteiger partial charge < -0.3 is 41.8 Å². The molecule has 0 amide bonds. The van der Waals surface area contributed by atoms with E-state index >= 15 is 0 Å². The Labute approximate surface area is 315 Å². The second-order valence-electron chi connectivity index (χ2n) is 12.1. The number of anilines is 1. The highest BCUT2D eigenvalue weighted by atomic mass is 32.9. The largest absolute Gasteiger partial charge is 0.497 e. The molecule has 5 aromatic rings. The fraction of sp³-hybridized carbons (Fsp3) is 0.378. The average Bonchev–Trinajstić information content (AvgIpc) is 3.77. The maximum atomic E-state index is 12.4. The van der Waals surface area contributed by atoms with Crippen LogP contribution in [0.2, 0.25) is 0 Å². The fourth-order valence-corrected chi connectivity index (χ4v) is 7.53. The van der Waals surface area contributed by atoms with Crippen LogP contribution in [0, 0.1) is 0 Å². The molecule has 1 aliphatic rings. The first-order chi connectivity index (χ1) is 25.2. The van der Waals surface area contributed by atoms with E-state index in [4.69, 9.17) is 53.3 Å². The summed E-state index contributed by atoms with van der Waals surface area (Å²) in [7, 11) is 3.26. The molecule has 4 N–H and O–H groups in total. The molecule has 0 aliphatic carbocycles. The van der Waals surface area contributed by atoms with Crippen molar-refractivity contribution >= 4 is 47.3 Å². The van der Waals surface area contributed by atoms with Crippen LogP contribution in [0.3, 0.4) is 0 Å². The minimum Gasteiger partial charge on any atom is -0.497 e. The summed E-state index contributed by atoms with van der Waals surface area (Å²) >= 11 is 10.6. The van der Waals surface area contributed by atoms with Crippen LogP contribution < -0.4 is 25.7 Å². The number of aromatic amines is 1. The molecule has 0 saturated carbocycles. The fourth-order valence-electron chi connectivity index (χ4n) is 6.43. The van der Waals surface area contributed by atoms with Gasteiger partial charge in [-0.05, 0) is 61.7 Å². The van der Waals surface area contributed by atoms with Crippen LogP contribution in [-0.2, 0) is 43.7 Å². The van der Waals surface area contributed by atoms with Gasteiger partial charge in [-0.2, -0.15) is 9.51 Å². The van der Waals surface area contributed by atoms with Crippen molar-refractivity contribution in [1.82, 2.24) is 19.5 Å². The number of nitrogen functional groups attached to an aromatic ring is 1. The molecule has 1 fully saturated rings. The van der Waals surface area contributed by atoms with Gasteiger partial charge >= 0.3 is 0 Å². The van der Waals surface area contributed by atoms with Gasteiger partial charge in [-0.1, -0.05) is 54.6 Å². The molecule has 1 aliphatic heterocycles. The quantitative estimate of drug-likeness (QED) is 0.0827. The minimum absolute atomic E-state index is 0.0220. The van der Waals surface area contributed by atoms with Crippen molar-refractivity contribution in [3.8, 4) is 11.5 Å². The third-order valence-electron chi connectivity index (χ3n) is 9.30. The molecule has 0 spiro atoms. The van der Waals surface area contributed by atoms with E-state index in [0.717, 1.165) is 28.2 Å². The molecule has 2 aromatic heterocycles. The number of nitrogens with one attached hydrogen (secondary N) is 2. The highest BCUT2D eigenvalue weighted by Crippen LogP contribution is 2.44. The van der Waals surface area contributed by atoms with Gasteiger partial charge in [-0.15, -0.1) is 0 Å². The van der Waals surface area contributed by atoms with Gasteiger partial charge in [0.15, 0.2) is 23.0 Å². The topological polar surface area (TPSA) is 140 Å². The van der Waals surface area contributed by atoms with E-state index in [1.54, 1.807) is 23.7 Å². The number of nitrogens with two attached hydrogens (primary N) is 1. The molecule has 1 saturated heterocycles. The smallest absolute Gasteiger partial charge is 0.280 e. The molecule has 3 heterocycles. The van der Waals surface area contributed by atoms with Crippen molar-refractivity contribution in [2.75, 3.05) is 46.2 Å². The Morgan fingerprint density at radius 2 is 1.52 bits per heavy atom. The molecule has 15 heteroatoms. The highest BCUT2D eigenvalue weighted by Gasteiger charge is 2.44. The number of hydrogen-bond donors (Lipinski definition) is 3. The molecule has 1 unspecified atom stereocenters. The second kappa shape index (κ2) is 18.2. The van der Waals surface area contributed by atoms with Crippen molar-refractivity contribution in [2.45, 2.75) is 51.2 Å². The zero-order valence-corrected chi connectivity index (χ0v) is 32.5. The van der Waals surface area contributed by atoms with Crippen LogP contribution in [0.4, 0.5) is 5.95 Å². The van der Waals surface area contributed by atoms with Crippen LogP contribution in [-0.4, -0.2) is 72.2 Å². The normalized spacial score (nSPS) is 17.5. The molecule has 3 aromatic carbocycles. The number of fused-ring (bicyclic) bond motifs is 1. The zero-order chi connectivity index (χ0) is 37.3. The van der Waals surface area contributed by atoms with Gasteiger partial charge in [0.1, 0.15) is 35.5 Å². The predicted molar refractivity (Wildman–Crippen MR) is 208 cm³/mol. The Kier molecular flexibility index (Phi) is 13.8. The molecule has 52 heavy (non-hydrogen) atoms. The Bertz CT molecular complexity index is 1910. The summed E-state index contributed by atoms with van der Waals surface area (Å²) < 4.78 is 32.2. The van der Waals surface area contributed by atoms with Gasteiger partial charge in [-0.25, -0.2) is 4.98 Å². The SMILES string of the molecule is CC[NH+](CC)CC.COc1ccc(C(OC[C@H]2O[C@@H](n3cnc4c(=O)[nH]c(N)nc43)C[C@@H]2O[P+](=S)[S-])(c2ccccc2)c2ccc(OC)cc2)cc1. The number of imidazole rings is 1. The Morgan fingerprint density at radius 1 is 0.962 bits per heavy atom. The van der Waals surface area contributed by atoms with Gasteiger partial charge in [0, 0.05) is 6.42 Å². The first-order valence-corrected chi connectivity index (χ1v) is 20.5. The van der Waals surface area contributed by atoms with E-state index < -0.39 is 35.7 Å². The molecule has 276 valence electrons. The van der Waals surface area contributed by atoms with Crippen molar-refractivity contribution < 1.29 is 28.4 Å².